The van der Waals surface area contributed by atoms with Gasteiger partial charge in [0.1, 0.15) is 0 Å². The van der Waals surface area contributed by atoms with Crippen LogP contribution in [0, 0.1) is 0 Å². The zero-order valence-corrected chi connectivity index (χ0v) is 34.9. The van der Waals surface area contributed by atoms with Crippen LogP contribution in [0.3, 0.4) is 0 Å². The number of hydrogen-bond acceptors (Lipinski definition) is 1. The maximum absolute atomic E-state index is 2.59. The molecule has 10 aromatic carbocycles. The first-order valence-electron chi connectivity index (χ1n) is 22.2. The number of hydrogen-bond donors (Lipinski definition) is 0. The van der Waals surface area contributed by atoms with Gasteiger partial charge < -0.3 is 14.0 Å². The first kappa shape index (κ1) is 35.2. The molecule has 12 aromatic rings. The molecule has 298 valence electrons. The number of rotatable bonds is 5. The fourth-order valence-electron chi connectivity index (χ4n) is 11.7. The quantitative estimate of drug-likeness (QED) is 0.169. The van der Waals surface area contributed by atoms with E-state index in [4.69, 9.17) is 0 Å². The predicted octanol–water partition coefficient (Wildman–Crippen LogP) is 15.7. The second-order valence-electron chi connectivity index (χ2n) is 17.2. The molecule has 0 amide bonds. The average Bonchev–Trinajstić information content (AvgIpc) is 4.07. The molecular formula is C61H39N3. The van der Waals surface area contributed by atoms with Gasteiger partial charge in [0.05, 0.1) is 38.9 Å². The molecule has 0 radical (unpaired) electrons. The summed E-state index contributed by atoms with van der Waals surface area (Å²) in [5.74, 6) is 0. The molecule has 0 saturated heterocycles. The summed E-state index contributed by atoms with van der Waals surface area (Å²) in [4.78, 5) is 2.59. The van der Waals surface area contributed by atoms with Crippen LogP contribution in [0.1, 0.15) is 22.3 Å². The van der Waals surface area contributed by atoms with E-state index in [1.165, 1.54) is 88.1 Å². The van der Waals surface area contributed by atoms with E-state index in [0.717, 1.165) is 28.4 Å². The van der Waals surface area contributed by atoms with Gasteiger partial charge in [0.2, 0.25) is 0 Å². The summed E-state index contributed by atoms with van der Waals surface area (Å²) >= 11 is 0. The van der Waals surface area contributed by atoms with Gasteiger partial charge in [-0.3, -0.25) is 0 Å². The van der Waals surface area contributed by atoms with Crippen LogP contribution < -0.4 is 4.90 Å². The molecule has 64 heavy (non-hydrogen) atoms. The Morgan fingerprint density at radius 1 is 0.312 bits per heavy atom. The van der Waals surface area contributed by atoms with Gasteiger partial charge in [-0.05, 0) is 112 Å². The Labute approximate surface area is 371 Å². The van der Waals surface area contributed by atoms with Gasteiger partial charge >= 0.3 is 0 Å². The Morgan fingerprint density at radius 2 is 0.766 bits per heavy atom. The summed E-state index contributed by atoms with van der Waals surface area (Å²) in [5, 5.41) is 4.86. The van der Waals surface area contributed by atoms with Crippen molar-refractivity contribution < 1.29 is 0 Å². The van der Waals surface area contributed by atoms with Crippen LogP contribution in [0.25, 0.3) is 77.2 Å². The number of anilines is 3. The highest BCUT2D eigenvalue weighted by atomic mass is 15.2. The minimum Gasteiger partial charge on any atom is -0.309 e. The van der Waals surface area contributed by atoms with E-state index in [1.807, 2.05) is 0 Å². The lowest BCUT2D eigenvalue weighted by molar-refractivity contribution is 0.793. The smallest absolute Gasteiger partial charge is 0.0746 e. The van der Waals surface area contributed by atoms with Gasteiger partial charge in [-0.25, -0.2) is 0 Å². The maximum Gasteiger partial charge on any atom is 0.0746 e. The molecule has 0 fully saturated rings. The van der Waals surface area contributed by atoms with E-state index < -0.39 is 5.41 Å². The lowest BCUT2D eigenvalue weighted by Crippen LogP contribution is -2.28. The van der Waals surface area contributed by atoms with Crippen molar-refractivity contribution in [3.63, 3.8) is 0 Å². The predicted molar refractivity (Wildman–Crippen MR) is 266 cm³/mol. The van der Waals surface area contributed by atoms with Gasteiger partial charge in [0.15, 0.2) is 0 Å². The second kappa shape index (κ2) is 13.3. The molecule has 0 bridgehead atoms. The van der Waals surface area contributed by atoms with Crippen LogP contribution in [-0.4, -0.2) is 9.13 Å². The van der Waals surface area contributed by atoms with Gasteiger partial charge in [-0.15, -0.1) is 0 Å². The fourth-order valence-corrected chi connectivity index (χ4v) is 11.7. The first-order valence-corrected chi connectivity index (χ1v) is 22.2. The molecule has 3 nitrogen and oxygen atoms in total. The van der Waals surface area contributed by atoms with Crippen molar-refractivity contribution in [2.75, 3.05) is 4.90 Å². The molecule has 1 spiro atoms. The molecule has 2 heterocycles. The van der Waals surface area contributed by atoms with Gasteiger partial charge in [-0.1, -0.05) is 164 Å². The highest BCUT2D eigenvalue weighted by Gasteiger charge is 2.53. The van der Waals surface area contributed by atoms with Crippen molar-refractivity contribution >= 4 is 60.7 Å². The van der Waals surface area contributed by atoms with Gasteiger partial charge in [-0.2, -0.15) is 0 Å². The van der Waals surface area contributed by atoms with E-state index in [-0.39, 0.29) is 0 Å². The van der Waals surface area contributed by atoms with Crippen LogP contribution in [0.2, 0.25) is 0 Å². The van der Waals surface area contributed by atoms with Gasteiger partial charge in [0.25, 0.3) is 0 Å². The third-order valence-electron chi connectivity index (χ3n) is 14.1. The Balaban J connectivity index is 1.14. The van der Waals surface area contributed by atoms with Crippen LogP contribution in [0.4, 0.5) is 17.1 Å². The van der Waals surface area contributed by atoms with Crippen LogP contribution >= 0.6 is 0 Å². The molecule has 2 aliphatic carbocycles. The summed E-state index contributed by atoms with van der Waals surface area (Å²) in [5.41, 5.74) is 20.3. The van der Waals surface area contributed by atoms with E-state index in [1.54, 1.807) is 0 Å². The zero-order chi connectivity index (χ0) is 41.9. The number of fused-ring (bicyclic) bond motifs is 16. The van der Waals surface area contributed by atoms with Crippen molar-refractivity contribution in [3.05, 3.63) is 259 Å². The molecule has 0 N–H and O–H groups in total. The summed E-state index contributed by atoms with van der Waals surface area (Å²) < 4.78 is 4.84. The number of aromatic nitrogens is 2. The van der Waals surface area contributed by atoms with Crippen LogP contribution in [0.5, 0.6) is 0 Å². The highest BCUT2D eigenvalue weighted by molar-refractivity contribution is 6.18. The monoisotopic (exact) mass is 813 g/mol. The average molecular weight is 814 g/mol. The lowest BCUT2D eigenvalue weighted by Gasteiger charge is -2.36. The lowest BCUT2D eigenvalue weighted by atomic mass is 9.70. The molecule has 0 unspecified atom stereocenters. The van der Waals surface area contributed by atoms with Crippen LogP contribution in [0.15, 0.2) is 237 Å². The van der Waals surface area contributed by atoms with Crippen molar-refractivity contribution in [1.82, 2.24) is 9.13 Å². The molecule has 2 aromatic heterocycles. The fraction of sp³-hybridized carbons (Fsp3) is 0.0164. The van der Waals surface area contributed by atoms with Crippen molar-refractivity contribution in [1.29, 1.82) is 0 Å². The third kappa shape index (κ3) is 4.60. The van der Waals surface area contributed by atoms with Crippen LogP contribution in [-0.2, 0) is 5.41 Å². The standard InChI is InChI=1S/C61H39N3/c1-3-19-40(20-4-1)62-53-32-15-10-26-46(53)49-39-42(37-38-55(49)62)64(57-35-18-34-56-59(57)48-27-11-16-33-54(48)63(56)41-21-5-2-6-22-41)58-36-17-28-47-45-25-9-14-31-52(45)61(60(47)58)50-29-12-7-23-43(50)44-24-8-13-30-51(44)61/h1-39H. The Hall–Kier alpha value is -8.40. The summed E-state index contributed by atoms with van der Waals surface area (Å²) in [6.45, 7) is 0. The Morgan fingerprint density at radius 3 is 1.42 bits per heavy atom. The minimum atomic E-state index is -0.548. The van der Waals surface area contributed by atoms with E-state index in [2.05, 4.69) is 251 Å². The molecule has 0 aliphatic heterocycles. The Bertz CT molecular complexity index is 3790. The molecular weight excluding hydrogens is 775 g/mol. The van der Waals surface area contributed by atoms with Crippen molar-refractivity contribution in [2.24, 2.45) is 0 Å². The normalized spacial score (nSPS) is 13.1. The third-order valence-corrected chi connectivity index (χ3v) is 14.1. The molecule has 0 saturated carbocycles. The molecule has 0 atom stereocenters. The number of nitrogens with zero attached hydrogens (tertiary/aromatic N) is 3. The largest absolute Gasteiger partial charge is 0.309 e. The minimum absolute atomic E-state index is 0.548. The summed E-state index contributed by atoms with van der Waals surface area (Å²) in [6, 6.07) is 87.7. The SMILES string of the molecule is c1ccc(-n2c3ccccc3c3cc(N(c4cccc5c4C4(c6ccccc6-c6ccccc64)c4ccccc4-5)c4cccc5c4c4ccccc4n5-c4ccccc4)ccc32)cc1. The van der Waals surface area contributed by atoms with E-state index in [9.17, 15) is 0 Å². The molecule has 3 heteroatoms. The maximum atomic E-state index is 2.59. The van der Waals surface area contributed by atoms with Crippen molar-refractivity contribution in [3.8, 4) is 33.6 Å². The zero-order valence-electron chi connectivity index (χ0n) is 34.9. The molecule has 14 rings (SSSR count). The first-order chi connectivity index (χ1) is 31.8. The second-order valence-corrected chi connectivity index (χ2v) is 17.2. The number of benzene rings is 10. The Kier molecular flexibility index (Phi) is 7.32. The van der Waals surface area contributed by atoms with E-state index in [0.29, 0.717) is 0 Å². The molecule has 2 aliphatic rings. The number of para-hydroxylation sites is 4. The van der Waals surface area contributed by atoms with Gasteiger partial charge in [0, 0.05) is 44.2 Å². The van der Waals surface area contributed by atoms with Crippen molar-refractivity contribution in [2.45, 2.75) is 5.41 Å². The summed E-state index contributed by atoms with van der Waals surface area (Å²) in [6.07, 6.45) is 0. The highest BCUT2D eigenvalue weighted by Crippen LogP contribution is 2.65. The van der Waals surface area contributed by atoms with E-state index >= 15 is 0 Å². The topological polar surface area (TPSA) is 13.1 Å². The summed E-state index contributed by atoms with van der Waals surface area (Å²) in [7, 11) is 0.